The predicted octanol–water partition coefficient (Wildman–Crippen LogP) is 1.39. The van der Waals surface area contributed by atoms with Gasteiger partial charge >= 0.3 is 0 Å². The first-order chi connectivity index (χ1) is 12.4. The van der Waals surface area contributed by atoms with E-state index in [4.69, 9.17) is 4.74 Å². The number of piperazine rings is 1. The van der Waals surface area contributed by atoms with Gasteiger partial charge < -0.3 is 10.1 Å². The zero-order valence-electron chi connectivity index (χ0n) is 15.7. The average Bonchev–Trinajstić information content (AvgIpc) is 2.98. The zero-order valence-corrected chi connectivity index (χ0v) is 15.7. The molecular weight excluding hydrogens is 312 g/mol. The summed E-state index contributed by atoms with van der Waals surface area (Å²) in [4.78, 5) is 5.48. The molecule has 5 nitrogen and oxygen atoms in total. The number of likely N-dealkylation sites (tertiary alicyclic amines) is 1. The number of morpholine rings is 1. The topological polar surface area (TPSA) is 39.8 Å². The Balaban J connectivity index is 1.30. The Morgan fingerprint density at radius 3 is 2.36 bits per heavy atom. The summed E-state index contributed by atoms with van der Waals surface area (Å²) in [5, 5.41) is 8.28. The molecule has 3 heterocycles. The van der Waals surface area contributed by atoms with Crippen molar-refractivity contribution in [2.45, 2.75) is 81.7 Å². The summed E-state index contributed by atoms with van der Waals surface area (Å²) in [6, 6.07) is 2.94. The van der Waals surface area contributed by atoms with Crippen molar-refractivity contribution in [3.63, 3.8) is 0 Å². The van der Waals surface area contributed by atoms with Gasteiger partial charge in [-0.2, -0.15) is 0 Å². The third-order valence-corrected chi connectivity index (χ3v) is 7.70. The van der Waals surface area contributed by atoms with E-state index >= 15 is 0 Å². The highest BCUT2D eigenvalue weighted by Gasteiger charge is 2.53. The Morgan fingerprint density at radius 2 is 1.52 bits per heavy atom. The number of hydrogen-bond acceptors (Lipinski definition) is 5. The van der Waals surface area contributed by atoms with Gasteiger partial charge in [0.1, 0.15) is 0 Å². The first kappa shape index (κ1) is 16.9. The lowest BCUT2D eigenvalue weighted by atomic mass is 9.80. The molecule has 0 bridgehead atoms. The van der Waals surface area contributed by atoms with Crippen molar-refractivity contribution in [3.05, 3.63) is 0 Å². The Labute approximate surface area is 152 Å². The van der Waals surface area contributed by atoms with Crippen LogP contribution in [0.2, 0.25) is 0 Å². The summed E-state index contributed by atoms with van der Waals surface area (Å²) in [6.07, 6.45) is 11.9. The summed E-state index contributed by atoms with van der Waals surface area (Å²) < 4.78 is 5.52. The minimum absolute atomic E-state index is 0.577. The molecule has 0 amide bonds. The fourth-order valence-corrected chi connectivity index (χ4v) is 6.41. The zero-order chi connectivity index (χ0) is 16.6. The molecule has 5 rings (SSSR count). The van der Waals surface area contributed by atoms with Gasteiger partial charge in [-0.15, -0.1) is 0 Å². The van der Waals surface area contributed by atoms with Crippen molar-refractivity contribution < 1.29 is 4.74 Å². The van der Waals surface area contributed by atoms with Gasteiger partial charge in [0.2, 0.25) is 0 Å². The van der Waals surface area contributed by atoms with Gasteiger partial charge in [-0.25, -0.2) is 0 Å². The predicted molar refractivity (Wildman–Crippen MR) is 99.6 cm³/mol. The standard InChI is InChI=1S/C20H36N4O/c1-4-8-18-15(5-1)19-20(22-17-7-3-2-6-16(17)21-19)24(18)10-9-23-11-13-25-14-12-23/h15-22H,1-14H2. The lowest BCUT2D eigenvalue weighted by molar-refractivity contribution is 0.0236. The maximum atomic E-state index is 5.52. The summed E-state index contributed by atoms with van der Waals surface area (Å²) in [5.74, 6) is 0.874. The lowest BCUT2D eigenvalue weighted by Crippen LogP contribution is -2.69. The Morgan fingerprint density at radius 1 is 0.800 bits per heavy atom. The van der Waals surface area contributed by atoms with Crippen molar-refractivity contribution in [1.29, 1.82) is 0 Å². The van der Waals surface area contributed by atoms with Crippen molar-refractivity contribution in [2.75, 3.05) is 39.4 Å². The molecular formula is C20H36N4O. The monoisotopic (exact) mass is 348 g/mol. The molecule has 5 aliphatic rings. The third-order valence-electron chi connectivity index (χ3n) is 7.70. The number of fused-ring (bicyclic) bond motifs is 4. The molecule has 5 fully saturated rings. The fourth-order valence-electron chi connectivity index (χ4n) is 6.41. The second kappa shape index (κ2) is 7.43. The lowest BCUT2D eigenvalue weighted by Gasteiger charge is -2.46. The minimum Gasteiger partial charge on any atom is -0.379 e. The molecule has 3 aliphatic heterocycles. The molecule has 3 saturated heterocycles. The highest BCUT2D eigenvalue weighted by molar-refractivity contribution is 5.10. The third kappa shape index (κ3) is 3.27. The molecule has 2 aliphatic carbocycles. The van der Waals surface area contributed by atoms with E-state index in [2.05, 4.69) is 20.4 Å². The van der Waals surface area contributed by atoms with Gasteiger partial charge in [-0.3, -0.25) is 15.1 Å². The van der Waals surface area contributed by atoms with Gasteiger partial charge in [-0.1, -0.05) is 25.7 Å². The average molecular weight is 349 g/mol. The quantitative estimate of drug-likeness (QED) is 0.807. The Hall–Kier alpha value is -0.200. The van der Waals surface area contributed by atoms with Crippen molar-refractivity contribution in [1.82, 2.24) is 20.4 Å². The van der Waals surface area contributed by atoms with Crippen molar-refractivity contribution >= 4 is 0 Å². The first-order valence-electron chi connectivity index (χ1n) is 11.0. The fraction of sp³-hybridized carbons (Fsp3) is 1.00. The first-order valence-corrected chi connectivity index (χ1v) is 11.0. The van der Waals surface area contributed by atoms with Gasteiger partial charge in [-0.05, 0) is 31.6 Å². The molecule has 2 saturated carbocycles. The normalized spacial score (nSPS) is 45.6. The van der Waals surface area contributed by atoms with Gasteiger partial charge in [0.15, 0.2) is 0 Å². The number of ether oxygens (including phenoxy) is 1. The highest BCUT2D eigenvalue weighted by atomic mass is 16.5. The van der Waals surface area contributed by atoms with Crippen LogP contribution in [-0.2, 0) is 4.74 Å². The molecule has 0 aromatic rings. The Kier molecular flexibility index (Phi) is 5.04. The molecule has 6 unspecified atom stereocenters. The maximum Gasteiger partial charge on any atom is 0.0764 e. The van der Waals surface area contributed by atoms with Crippen molar-refractivity contribution in [2.24, 2.45) is 5.92 Å². The molecule has 0 spiro atoms. The highest BCUT2D eigenvalue weighted by Crippen LogP contribution is 2.41. The molecule has 25 heavy (non-hydrogen) atoms. The molecule has 142 valence electrons. The molecule has 0 aromatic heterocycles. The molecule has 2 N–H and O–H groups in total. The largest absolute Gasteiger partial charge is 0.379 e. The van der Waals surface area contributed by atoms with E-state index in [0.29, 0.717) is 18.2 Å². The maximum absolute atomic E-state index is 5.52. The van der Waals surface area contributed by atoms with Gasteiger partial charge in [0.05, 0.1) is 19.4 Å². The summed E-state index contributed by atoms with van der Waals surface area (Å²) >= 11 is 0. The summed E-state index contributed by atoms with van der Waals surface area (Å²) in [5.41, 5.74) is 0. The van der Waals surface area contributed by atoms with E-state index in [-0.39, 0.29) is 0 Å². The van der Waals surface area contributed by atoms with Crippen LogP contribution in [0.15, 0.2) is 0 Å². The van der Waals surface area contributed by atoms with Crippen LogP contribution in [0, 0.1) is 5.92 Å². The Bertz CT molecular complexity index is 455. The smallest absolute Gasteiger partial charge is 0.0764 e. The van der Waals surface area contributed by atoms with E-state index in [1.807, 2.05) is 0 Å². The molecule has 0 aromatic carbocycles. The summed E-state index contributed by atoms with van der Waals surface area (Å²) in [6.45, 7) is 6.52. The molecule has 6 atom stereocenters. The van der Waals surface area contributed by atoms with Crippen LogP contribution >= 0.6 is 0 Å². The minimum atomic E-state index is 0.577. The number of rotatable bonds is 3. The van der Waals surface area contributed by atoms with Crippen LogP contribution in [0.25, 0.3) is 0 Å². The van der Waals surface area contributed by atoms with Crippen LogP contribution < -0.4 is 10.6 Å². The van der Waals surface area contributed by atoms with Crippen LogP contribution in [0.1, 0.15) is 51.4 Å². The number of hydrogen-bond donors (Lipinski definition) is 2. The van der Waals surface area contributed by atoms with Crippen LogP contribution in [0.5, 0.6) is 0 Å². The van der Waals surface area contributed by atoms with E-state index in [0.717, 1.165) is 44.3 Å². The molecule has 0 radical (unpaired) electrons. The van der Waals surface area contributed by atoms with E-state index in [9.17, 15) is 0 Å². The van der Waals surface area contributed by atoms with Crippen molar-refractivity contribution in [3.8, 4) is 0 Å². The van der Waals surface area contributed by atoms with Gasteiger partial charge in [0.25, 0.3) is 0 Å². The van der Waals surface area contributed by atoms with E-state index in [1.165, 1.54) is 64.5 Å². The van der Waals surface area contributed by atoms with Gasteiger partial charge in [0, 0.05) is 50.3 Å². The van der Waals surface area contributed by atoms with E-state index in [1.54, 1.807) is 0 Å². The summed E-state index contributed by atoms with van der Waals surface area (Å²) in [7, 11) is 0. The second-order valence-corrected chi connectivity index (χ2v) is 9.01. The SMILES string of the molecule is C1CCC2NC3C(NC2C1)C1CCCCC1N3CCN1CCOCC1. The molecule has 5 heteroatoms. The van der Waals surface area contributed by atoms with Crippen LogP contribution in [0.4, 0.5) is 0 Å². The number of nitrogens with one attached hydrogen (secondary N) is 2. The van der Waals surface area contributed by atoms with Crippen LogP contribution in [-0.4, -0.2) is 79.5 Å². The van der Waals surface area contributed by atoms with E-state index < -0.39 is 0 Å². The number of nitrogens with zero attached hydrogens (tertiary/aromatic N) is 2. The second-order valence-electron chi connectivity index (χ2n) is 9.01. The van der Waals surface area contributed by atoms with Crippen LogP contribution in [0.3, 0.4) is 0 Å².